The molecule has 2 aromatic rings. The van der Waals surface area contributed by atoms with Gasteiger partial charge in [0.1, 0.15) is 5.82 Å². The molecule has 2 rings (SSSR count). The fourth-order valence-corrected chi connectivity index (χ4v) is 2.48. The van der Waals surface area contributed by atoms with Crippen LogP contribution in [0.5, 0.6) is 0 Å². The van der Waals surface area contributed by atoms with Crippen molar-refractivity contribution >= 4 is 11.6 Å². The average Bonchev–Trinajstić information content (AvgIpc) is 2.42. The van der Waals surface area contributed by atoms with Crippen molar-refractivity contribution in [2.24, 2.45) is 5.73 Å². The maximum absolute atomic E-state index is 13.3. The van der Waals surface area contributed by atoms with E-state index in [0.717, 1.165) is 11.1 Å². The molecule has 0 aromatic heterocycles. The SMILES string of the molecule is CC(C)(C)c1ccc(C(N)Cc2cc(F)ccc2Cl)cc1. The summed E-state index contributed by atoms with van der Waals surface area (Å²) >= 11 is 6.09. The van der Waals surface area contributed by atoms with Gasteiger partial charge in [0.15, 0.2) is 0 Å². The maximum Gasteiger partial charge on any atom is 0.123 e. The lowest BCUT2D eigenvalue weighted by Gasteiger charge is -2.20. The monoisotopic (exact) mass is 305 g/mol. The van der Waals surface area contributed by atoms with Gasteiger partial charge < -0.3 is 5.73 Å². The minimum absolute atomic E-state index is 0.120. The van der Waals surface area contributed by atoms with Gasteiger partial charge in [0.2, 0.25) is 0 Å². The molecule has 0 fully saturated rings. The summed E-state index contributed by atoms with van der Waals surface area (Å²) < 4.78 is 13.3. The number of nitrogens with two attached hydrogens (primary N) is 1. The van der Waals surface area contributed by atoms with E-state index in [1.54, 1.807) is 6.07 Å². The van der Waals surface area contributed by atoms with Crippen molar-refractivity contribution < 1.29 is 4.39 Å². The third kappa shape index (κ3) is 4.05. The normalized spacial score (nSPS) is 13.2. The first-order valence-electron chi connectivity index (χ1n) is 7.07. The Morgan fingerprint density at radius 2 is 1.71 bits per heavy atom. The van der Waals surface area contributed by atoms with Crippen LogP contribution in [0.3, 0.4) is 0 Å². The fraction of sp³-hybridized carbons (Fsp3) is 0.333. The third-order valence-electron chi connectivity index (χ3n) is 3.65. The van der Waals surface area contributed by atoms with E-state index in [-0.39, 0.29) is 17.3 Å². The highest BCUT2D eigenvalue weighted by Gasteiger charge is 2.15. The van der Waals surface area contributed by atoms with E-state index < -0.39 is 0 Å². The maximum atomic E-state index is 13.3. The highest BCUT2D eigenvalue weighted by atomic mass is 35.5. The molecule has 2 aromatic carbocycles. The molecule has 0 saturated heterocycles. The van der Waals surface area contributed by atoms with Gasteiger partial charge >= 0.3 is 0 Å². The molecule has 21 heavy (non-hydrogen) atoms. The first kappa shape index (κ1) is 16.0. The van der Waals surface area contributed by atoms with Gasteiger partial charge in [-0.1, -0.05) is 56.6 Å². The summed E-state index contributed by atoms with van der Waals surface area (Å²) in [5.74, 6) is -0.287. The second-order valence-electron chi connectivity index (χ2n) is 6.42. The molecule has 0 aliphatic rings. The number of hydrogen-bond acceptors (Lipinski definition) is 1. The summed E-state index contributed by atoms with van der Waals surface area (Å²) in [4.78, 5) is 0. The van der Waals surface area contributed by atoms with Gasteiger partial charge in [-0.05, 0) is 46.7 Å². The molecule has 0 saturated carbocycles. The summed E-state index contributed by atoms with van der Waals surface area (Å²) in [6, 6.07) is 12.5. The van der Waals surface area contributed by atoms with E-state index in [1.165, 1.54) is 17.7 Å². The molecule has 0 spiro atoms. The molecule has 1 unspecified atom stereocenters. The van der Waals surface area contributed by atoms with Crippen LogP contribution in [0.15, 0.2) is 42.5 Å². The second kappa shape index (κ2) is 6.17. The number of hydrogen-bond donors (Lipinski definition) is 1. The van der Waals surface area contributed by atoms with Gasteiger partial charge in [-0.25, -0.2) is 4.39 Å². The fourth-order valence-electron chi connectivity index (χ4n) is 2.28. The van der Waals surface area contributed by atoms with Gasteiger partial charge in [-0.2, -0.15) is 0 Å². The van der Waals surface area contributed by atoms with E-state index in [4.69, 9.17) is 17.3 Å². The molecule has 2 N–H and O–H groups in total. The van der Waals surface area contributed by atoms with Crippen LogP contribution >= 0.6 is 11.6 Å². The minimum Gasteiger partial charge on any atom is -0.324 e. The van der Waals surface area contributed by atoms with Crippen LogP contribution < -0.4 is 5.73 Å². The molecule has 112 valence electrons. The molecule has 0 aliphatic heterocycles. The van der Waals surface area contributed by atoms with Crippen molar-refractivity contribution in [1.29, 1.82) is 0 Å². The van der Waals surface area contributed by atoms with Gasteiger partial charge in [-0.3, -0.25) is 0 Å². The highest BCUT2D eigenvalue weighted by molar-refractivity contribution is 6.31. The van der Waals surface area contributed by atoms with Crippen LogP contribution in [0.1, 0.15) is 43.5 Å². The van der Waals surface area contributed by atoms with Gasteiger partial charge in [-0.15, -0.1) is 0 Å². The third-order valence-corrected chi connectivity index (χ3v) is 4.02. The average molecular weight is 306 g/mol. The van der Waals surface area contributed by atoms with Crippen molar-refractivity contribution in [3.8, 4) is 0 Å². The number of rotatable bonds is 3. The zero-order valence-electron chi connectivity index (χ0n) is 12.7. The van der Waals surface area contributed by atoms with Gasteiger partial charge in [0.05, 0.1) is 0 Å². The molecule has 0 amide bonds. The summed E-state index contributed by atoms with van der Waals surface area (Å²) in [5.41, 5.74) is 9.38. The minimum atomic E-state index is -0.287. The Balaban J connectivity index is 2.17. The molecule has 0 bridgehead atoms. The van der Waals surface area contributed by atoms with E-state index in [1.807, 2.05) is 12.1 Å². The second-order valence-corrected chi connectivity index (χ2v) is 6.83. The number of halogens is 2. The molecule has 3 heteroatoms. The van der Waals surface area contributed by atoms with Crippen LogP contribution in [-0.4, -0.2) is 0 Å². The lowest BCUT2D eigenvalue weighted by atomic mass is 9.86. The number of benzene rings is 2. The van der Waals surface area contributed by atoms with Gasteiger partial charge in [0.25, 0.3) is 0 Å². The first-order chi connectivity index (χ1) is 9.77. The molecular formula is C18H21ClFN. The Hall–Kier alpha value is -1.38. The summed E-state index contributed by atoms with van der Waals surface area (Å²) in [6.07, 6.45) is 0.519. The molecule has 1 atom stereocenters. The summed E-state index contributed by atoms with van der Waals surface area (Å²) in [6.45, 7) is 6.53. The van der Waals surface area contributed by atoms with Crippen molar-refractivity contribution in [1.82, 2.24) is 0 Å². The van der Waals surface area contributed by atoms with E-state index >= 15 is 0 Å². The predicted molar refractivity (Wildman–Crippen MR) is 87.2 cm³/mol. The lowest BCUT2D eigenvalue weighted by molar-refractivity contribution is 0.589. The van der Waals surface area contributed by atoms with Crippen LogP contribution in [0, 0.1) is 5.82 Å². The van der Waals surface area contributed by atoms with Crippen LogP contribution in [0.2, 0.25) is 5.02 Å². The zero-order valence-corrected chi connectivity index (χ0v) is 13.4. The molecule has 0 heterocycles. The van der Waals surface area contributed by atoms with Crippen molar-refractivity contribution in [3.05, 3.63) is 70.0 Å². The molecule has 0 aliphatic carbocycles. The van der Waals surface area contributed by atoms with E-state index in [0.29, 0.717) is 11.4 Å². The predicted octanol–water partition coefficient (Wildman–Crippen LogP) is 5.02. The molecule has 0 radical (unpaired) electrons. The smallest absolute Gasteiger partial charge is 0.123 e. The van der Waals surface area contributed by atoms with Crippen molar-refractivity contribution in [2.75, 3.05) is 0 Å². The standard InChI is InChI=1S/C18H21ClFN/c1-18(2,3)14-6-4-12(5-7-14)17(21)11-13-10-15(20)8-9-16(13)19/h4-10,17H,11,21H2,1-3H3. The highest BCUT2D eigenvalue weighted by Crippen LogP contribution is 2.26. The Bertz CT molecular complexity index is 614. The van der Waals surface area contributed by atoms with Crippen molar-refractivity contribution in [2.45, 2.75) is 38.6 Å². The van der Waals surface area contributed by atoms with Crippen LogP contribution in [-0.2, 0) is 11.8 Å². The van der Waals surface area contributed by atoms with Crippen LogP contribution in [0.25, 0.3) is 0 Å². The lowest BCUT2D eigenvalue weighted by Crippen LogP contribution is -2.15. The van der Waals surface area contributed by atoms with Crippen molar-refractivity contribution in [3.63, 3.8) is 0 Å². The van der Waals surface area contributed by atoms with Gasteiger partial charge in [0, 0.05) is 11.1 Å². The Kier molecular flexibility index (Phi) is 4.70. The summed E-state index contributed by atoms with van der Waals surface area (Å²) in [5, 5.41) is 0.554. The van der Waals surface area contributed by atoms with E-state index in [2.05, 4.69) is 32.9 Å². The van der Waals surface area contributed by atoms with E-state index in [9.17, 15) is 4.39 Å². The molecular weight excluding hydrogens is 285 g/mol. The largest absolute Gasteiger partial charge is 0.324 e. The first-order valence-corrected chi connectivity index (χ1v) is 7.45. The Morgan fingerprint density at radius 1 is 1.10 bits per heavy atom. The Morgan fingerprint density at radius 3 is 2.29 bits per heavy atom. The van der Waals surface area contributed by atoms with Crippen LogP contribution in [0.4, 0.5) is 4.39 Å². The zero-order chi connectivity index (χ0) is 15.6. The summed E-state index contributed by atoms with van der Waals surface area (Å²) in [7, 11) is 0. The topological polar surface area (TPSA) is 26.0 Å². The Labute approximate surface area is 130 Å². The molecule has 1 nitrogen and oxygen atoms in total. The quantitative estimate of drug-likeness (QED) is 0.846.